The zero-order chi connectivity index (χ0) is 15.2. The Morgan fingerprint density at radius 3 is 2.33 bits per heavy atom. The lowest BCUT2D eigenvalue weighted by Gasteiger charge is -2.26. The van der Waals surface area contributed by atoms with E-state index in [1.54, 1.807) is 0 Å². The van der Waals surface area contributed by atoms with E-state index in [1.165, 1.54) is 0 Å². The van der Waals surface area contributed by atoms with Crippen molar-refractivity contribution in [2.24, 2.45) is 5.50 Å². The van der Waals surface area contributed by atoms with Gasteiger partial charge in [-0.05, 0) is 5.56 Å². The van der Waals surface area contributed by atoms with Crippen molar-refractivity contribution in [3.05, 3.63) is 35.9 Å². The highest BCUT2D eigenvalue weighted by atomic mass is 35.5. The van der Waals surface area contributed by atoms with E-state index >= 15 is 0 Å². The van der Waals surface area contributed by atoms with Crippen LogP contribution < -0.4 is 5.50 Å². The maximum absolute atomic E-state index is 12.4. The van der Waals surface area contributed by atoms with Crippen molar-refractivity contribution in [3.8, 4) is 0 Å². The second-order valence-electron chi connectivity index (χ2n) is 3.50. The summed E-state index contributed by atoms with van der Waals surface area (Å²) in [5, 5.41) is 0. The first-order chi connectivity index (χ1) is 9.31. The number of rotatable bonds is 8. The zero-order valence-corrected chi connectivity index (χ0v) is 12.1. The minimum absolute atomic E-state index is 0.0705. The predicted octanol–water partition coefficient (Wildman–Crippen LogP) is 3.05. The van der Waals surface area contributed by atoms with Crippen molar-refractivity contribution in [2.75, 3.05) is 24.8 Å². The summed E-state index contributed by atoms with van der Waals surface area (Å²) in [7, 11) is -3.65. The van der Waals surface area contributed by atoms with Crippen LogP contribution in [0, 0.1) is 0 Å². The Balaban J connectivity index is 2.68. The first-order valence-electron chi connectivity index (χ1n) is 6.42. The summed E-state index contributed by atoms with van der Waals surface area (Å²) in [6.45, 7) is -0.112. The molecule has 0 radical (unpaired) electrons. The van der Waals surface area contributed by atoms with E-state index in [-0.39, 0.29) is 19.7 Å². The van der Waals surface area contributed by atoms with Gasteiger partial charge >= 0.3 is 7.67 Å². The van der Waals surface area contributed by atoms with E-state index in [2.05, 4.69) is 0 Å². The van der Waals surface area contributed by atoms with E-state index in [9.17, 15) is 4.57 Å². The van der Waals surface area contributed by atoms with Crippen LogP contribution in [-0.4, -0.2) is 29.5 Å². The van der Waals surface area contributed by atoms with Crippen LogP contribution in [0.15, 0.2) is 30.3 Å². The zero-order valence-electron chi connectivity index (χ0n) is 11.7. The SMILES string of the molecule is [3H]C(Cl)CN(CC([3H])Cl)[33P](N)(=O)OCc1ccccc1. The van der Waals surface area contributed by atoms with Crippen LogP contribution in [0.5, 0.6) is 0 Å². The molecule has 0 aliphatic heterocycles. The third-order valence-electron chi connectivity index (χ3n) is 2.21. The predicted molar refractivity (Wildman–Crippen MR) is 76.0 cm³/mol. The minimum Gasteiger partial charge on any atom is -0.301 e. The van der Waals surface area contributed by atoms with Gasteiger partial charge < -0.3 is 4.52 Å². The largest absolute Gasteiger partial charge is 0.341 e. The fourth-order valence-electron chi connectivity index (χ4n) is 1.28. The summed E-state index contributed by atoms with van der Waals surface area (Å²) < 4.78 is 33.4. The Bertz CT molecular complexity index is 441. The third kappa shape index (κ3) is 5.27. The molecule has 3 unspecified atom stereocenters. The first-order valence-corrected chi connectivity index (χ1v) is 7.78. The fourth-order valence-corrected chi connectivity index (χ4v) is 2.93. The van der Waals surface area contributed by atoms with Gasteiger partial charge in [0.05, 0.1) is 6.61 Å². The van der Waals surface area contributed by atoms with Gasteiger partial charge in [0.25, 0.3) is 0 Å². The van der Waals surface area contributed by atoms with Gasteiger partial charge in [-0.1, -0.05) is 30.3 Å². The molecule has 0 aliphatic carbocycles. The van der Waals surface area contributed by atoms with Crippen LogP contribution in [0.25, 0.3) is 0 Å². The summed E-state index contributed by atoms with van der Waals surface area (Å²) in [5.41, 5.74) is 6.50. The molecule has 0 bridgehead atoms. The molecule has 4 nitrogen and oxygen atoms in total. The molecule has 1 aromatic carbocycles. The summed E-state index contributed by atoms with van der Waals surface area (Å²) in [4.78, 5) is 0. The number of halogens is 2. The van der Waals surface area contributed by atoms with Crippen LogP contribution in [0.3, 0.4) is 0 Å². The molecule has 3 atom stereocenters. The monoisotopic (exact) mass is 316 g/mol. The lowest BCUT2D eigenvalue weighted by molar-refractivity contribution is 0.257. The van der Waals surface area contributed by atoms with Crippen molar-refractivity contribution in [1.82, 2.24) is 4.67 Å². The molecule has 0 heterocycles. The second-order valence-corrected chi connectivity index (χ2v) is 6.07. The van der Waals surface area contributed by atoms with Crippen LogP contribution in [-0.2, 0) is 15.7 Å². The molecule has 0 spiro atoms. The molecule has 0 saturated heterocycles. The number of hydrogen-bond donors (Lipinski definition) is 1. The highest BCUT2D eigenvalue weighted by Crippen LogP contribution is 2.43. The Labute approximate surface area is 120 Å². The average molecular weight is 317 g/mol. The van der Waals surface area contributed by atoms with Crippen LogP contribution in [0.4, 0.5) is 0 Å². The van der Waals surface area contributed by atoms with E-state index < -0.39 is 19.4 Å². The number of alkyl halides is 2. The Morgan fingerprint density at radius 1 is 1.28 bits per heavy atom. The molecule has 102 valence electrons. The van der Waals surface area contributed by atoms with Gasteiger partial charge in [-0.2, -0.15) is 0 Å². The molecule has 18 heavy (non-hydrogen) atoms. The van der Waals surface area contributed by atoms with Crippen LogP contribution >= 0.6 is 30.9 Å². The summed E-state index contributed by atoms with van der Waals surface area (Å²) in [6.07, 6.45) is 0. The minimum atomic E-state index is -3.65. The van der Waals surface area contributed by atoms with Crippen molar-refractivity contribution in [2.45, 2.75) is 6.61 Å². The number of nitrogens with zero attached hydrogens (tertiary/aromatic N) is 1. The smallest absolute Gasteiger partial charge is 0.301 e. The maximum atomic E-state index is 12.4. The van der Waals surface area contributed by atoms with Crippen LogP contribution in [0.1, 0.15) is 8.30 Å². The highest BCUT2D eigenvalue weighted by Gasteiger charge is 2.26. The summed E-state index contributed by atoms with van der Waals surface area (Å²) in [5.74, 6) is -2.05. The molecule has 0 amide bonds. The van der Waals surface area contributed by atoms with Gasteiger partial charge in [0.2, 0.25) is 0 Å². The Kier molecular flexibility index (Phi) is 5.85. The molecule has 1 aromatic rings. The van der Waals surface area contributed by atoms with Crippen LogP contribution in [0.2, 0.25) is 0 Å². The molecule has 2 N–H and O–H groups in total. The van der Waals surface area contributed by atoms with E-state index in [0.717, 1.165) is 10.2 Å². The molecular weight excluding hydrogens is 296 g/mol. The molecule has 0 fully saturated rings. The number of nitrogens with two attached hydrogens (primary N) is 1. The Hall–Kier alpha value is -0.0900. The van der Waals surface area contributed by atoms with Crippen molar-refractivity contribution in [3.63, 3.8) is 0 Å². The van der Waals surface area contributed by atoms with Gasteiger partial charge in [-0.25, -0.2) is 10.2 Å². The lowest BCUT2D eigenvalue weighted by atomic mass is 10.2. The molecular formula is C11H17Cl2N2O2P. The van der Waals surface area contributed by atoms with Crippen molar-refractivity contribution >= 4 is 30.9 Å². The normalized spacial score (nSPS) is 19.8. The molecule has 0 aromatic heterocycles. The standard InChI is InChI=1S/C11H17Cl2N2O2P/c12-6-8-15(9-7-13)18(14,16)17-10-11-4-2-1-3-5-11/h1-5H,6-10H2,(H2,14,16)/i6T,7T,18+2. The van der Waals surface area contributed by atoms with Gasteiger partial charge in [0.1, 0.15) is 0 Å². The topological polar surface area (TPSA) is 55.6 Å². The lowest BCUT2D eigenvalue weighted by Crippen LogP contribution is -2.29. The van der Waals surface area contributed by atoms with Gasteiger partial charge in [-0.3, -0.25) is 4.57 Å². The van der Waals surface area contributed by atoms with Gasteiger partial charge in [0.15, 0.2) is 0 Å². The van der Waals surface area contributed by atoms with E-state index in [0.29, 0.717) is 0 Å². The maximum Gasteiger partial charge on any atom is 0.341 e. The van der Waals surface area contributed by atoms with E-state index in [1.807, 2.05) is 30.3 Å². The molecule has 7 heteroatoms. The molecule has 0 saturated carbocycles. The summed E-state index contributed by atoms with van der Waals surface area (Å²) >= 11 is 11.1. The molecule has 1 rings (SSSR count). The number of hydrogen-bond acceptors (Lipinski definition) is 2. The average Bonchev–Trinajstić information content (AvgIpc) is 2.36. The third-order valence-corrected chi connectivity index (χ3v) is 4.10. The van der Waals surface area contributed by atoms with Crippen molar-refractivity contribution < 1.29 is 11.8 Å². The van der Waals surface area contributed by atoms with Gasteiger partial charge in [0, 0.05) is 27.5 Å². The quantitative estimate of drug-likeness (QED) is 0.591. The first kappa shape index (κ1) is 12.9. The van der Waals surface area contributed by atoms with E-state index in [4.69, 9.17) is 36.0 Å². The number of benzene rings is 1. The summed E-state index contributed by atoms with van der Waals surface area (Å²) in [6, 6.07) is 9.14. The van der Waals surface area contributed by atoms with Gasteiger partial charge in [-0.15, -0.1) is 23.2 Å². The van der Waals surface area contributed by atoms with Crippen molar-refractivity contribution in [1.29, 1.82) is 0 Å². The second kappa shape index (κ2) is 8.16. The fraction of sp³-hybridized carbons (Fsp3) is 0.455. The Morgan fingerprint density at radius 2 is 1.83 bits per heavy atom. The molecule has 0 aliphatic rings. The highest BCUT2D eigenvalue weighted by molar-refractivity contribution is 7.53.